The van der Waals surface area contributed by atoms with Crippen LogP contribution in [-0.4, -0.2) is 14.7 Å². The molecule has 0 amide bonds. The molecule has 0 saturated heterocycles. The van der Waals surface area contributed by atoms with Crippen LogP contribution in [0, 0.1) is 11.3 Å². The van der Waals surface area contributed by atoms with Crippen molar-refractivity contribution in [2.75, 3.05) is 0 Å². The Hall–Kier alpha value is -1.48. The van der Waals surface area contributed by atoms with Crippen molar-refractivity contribution in [2.24, 2.45) is 7.05 Å². The fourth-order valence-corrected chi connectivity index (χ4v) is 2.64. The minimum atomic E-state index is -0.0648. The Kier molecular flexibility index (Phi) is 3.92. The monoisotopic (exact) mass is 279 g/mol. The van der Waals surface area contributed by atoms with E-state index in [4.69, 9.17) is 22.0 Å². The average Bonchev–Trinajstić information content (AvgIpc) is 2.71. The SMILES string of the molecule is Cn1c(CO)cnc1Sc1cc(Cl)ccc1C#N. The summed E-state index contributed by atoms with van der Waals surface area (Å²) in [7, 11) is 1.82. The first-order chi connectivity index (χ1) is 8.65. The fourth-order valence-electron chi connectivity index (χ4n) is 1.44. The third-order valence-electron chi connectivity index (χ3n) is 2.47. The second-order valence-electron chi connectivity index (χ2n) is 3.60. The van der Waals surface area contributed by atoms with Crippen molar-refractivity contribution in [1.29, 1.82) is 5.26 Å². The molecule has 0 radical (unpaired) electrons. The van der Waals surface area contributed by atoms with Gasteiger partial charge in [0.1, 0.15) is 6.07 Å². The van der Waals surface area contributed by atoms with Gasteiger partial charge >= 0.3 is 0 Å². The maximum Gasteiger partial charge on any atom is 0.172 e. The van der Waals surface area contributed by atoms with Crippen molar-refractivity contribution in [3.05, 3.63) is 40.7 Å². The van der Waals surface area contributed by atoms with Crippen LogP contribution in [0.3, 0.4) is 0 Å². The quantitative estimate of drug-likeness (QED) is 0.938. The molecule has 2 aromatic rings. The summed E-state index contributed by atoms with van der Waals surface area (Å²) >= 11 is 7.27. The van der Waals surface area contributed by atoms with Crippen molar-refractivity contribution in [3.8, 4) is 6.07 Å². The summed E-state index contributed by atoms with van der Waals surface area (Å²) in [5.74, 6) is 0. The van der Waals surface area contributed by atoms with E-state index >= 15 is 0 Å². The fraction of sp³-hybridized carbons (Fsp3) is 0.167. The normalized spacial score (nSPS) is 10.3. The second-order valence-corrected chi connectivity index (χ2v) is 5.05. The molecule has 0 bridgehead atoms. The third-order valence-corrected chi connectivity index (χ3v) is 3.82. The number of aromatic nitrogens is 2. The summed E-state index contributed by atoms with van der Waals surface area (Å²) in [6.07, 6.45) is 1.61. The zero-order valence-electron chi connectivity index (χ0n) is 9.59. The Morgan fingerprint density at radius 2 is 2.33 bits per heavy atom. The van der Waals surface area contributed by atoms with Crippen molar-refractivity contribution in [2.45, 2.75) is 16.7 Å². The molecule has 0 aliphatic carbocycles. The molecule has 0 unspecified atom stereocenters. The van der Waals surface area contributed by atoms with Gasteiger partial charge in [-0.15, -0.1) is 0 Å². The van der Waals surface area contributed by atoms with Gasteiger partial charge in [0.05, 0.1) is 24.1 Å². The van der Waals surface area contributed by atoms with Gasteiger partial charge < -0.3 is 9.67 Å². The lowest BCUT2D eigenvalue weighted by Crippen LogP contribution is -1.97. The Morgan fingerprint density at radius 3 is 2.94 bits per heavy atom. The van der Waals surface area contributed by atoms with Gasteiger partial charge in [0.2, 0.25) is 0 Å². The van der Waals surface area contributed by atoms with E-state index in [1.165, 1.54) is 11.8 Å². The van der Waals surface area contributed by atoms with Gasteiger partial charge in [-0.3, -0.25) is 0 Å². The topological polar surface area (TPSA) is 61.8 Å². The van der Waals surface area contributed by atoms with E-state index in [0.717, 1.165) is 10.6 Å². The maximum absolute atomic E-state index is 9.10. The van der Waals surface area contributed by atoms with Gasteiger partial charge in [0.25, 0.3) is 0 Å². The van der Waals surface area contributed by atoms with Crippen LogP contribution >= 0.6 is 23.4 Å². The molecule has 1 heterocycles. The number of hydrogen-bond donors (Lipinski definition) is 1. The summed E-state index contributed by atoms with van der Waals surface area (Å²) in [5.41, 5.74) is 1.27. The van der Waals surface area contributed by atoms with Gasteiger partial charge in [-0.05, 0) is 18.2 Å². The van der Waals surface area contributed by atoms with Crippen molar-refractivity contribution in [1.82, 2.24) is 9.55 Å². The molecule has 1 aromatic carbocycles. The van der Waals surface area contributed by atoms with Crippen LogP contribution < -0.4 is 0 Å². The first-order valence-electron chi connectivity index (χ1n) is 5.14. The first kappa shape index (κ1) is 13.0. The van der Waals surface area contributed by atoms with Crippen molar-refractivity contribution in [3.63, 3.8) is 0 Å². The number of hydrogen-bond acceptors (Lipinski definition) is 4. The molecule has 0 fully saturated rings. The van der Waals surface area contributed by atoms with Crippen LogP contribution in [0.1, 0.15) is 11.3 Å². The molecule has 6 heteroatoms. The van der Waals surface area contributed by atoms with E-state index in [2.05, 4.69) is 11.1 Å². The van der Waals surface area contributed by atoms with Gasteiger partial charge in [-0.2, -0.15) is 5.26 Å². The number of halogens is 1. The minimum absolute atomic E-state index is 0.0648. The molecule has 0 spiro atoms. The number of nitriles is 1. The zero-order chi connectivity index (χ0) is 13.1. The summed E-state index contributed by atoms with van der Waals surface area (Å²) < 4.78 is 1.78. The zero-order valence-corrected chi connectivity index (χ0v) is 11.2. The highest BCUT2D eigenvalue weighted by Crippen LogP contribution is 2.31. The van der Waals surface area contributed by atoms with E-state index in [9.17, 15) is 0 Å². The molecule has 4 nitrogen and oxygen atoms in total. The summed E-state index contributed by atoms with van der Waals surface area (Å²) in [6.45, 7) is -0.0648. The van der Waals surface area contributed by atoms with Gasteiger partial charge in [-0.25, -0.2) is 4.98 Å². The van der Waals surface area contributed by atoms with Crippen LogP contribution in [0.25, 0.3) is 0 Å². The van der Waals surface area contributed by atoms with E-state index in [0.29, 0.717) is 15.7 Å². The van der Waals surface area contributed by atoms with E-state index in [1.54, 1.807) is 29.0 Å². The molecule has 2 rings (SSSR count). The molecule has 92 valence electrons. The molecule has 0 atom stereocenters. The average molecular weight is 280 g/mol. The lowest BCUT2D eigenvalue weighted by atomic mass is 10.2. The highest BCUT2D eigenvalue weighted by molar-refractivity contribution is 7.99. The minimum Gasteiger partial charge on any atom is -0.390 e. The largest absolute Gasteiger partial charge is 0.390 e. The number of nitrogens with zero attached hydrogens (tertiary/aromatic N) is 3. The lowest BCUT2D eigenvalue weighted by molar-refractivity contribution is 0.271. The smallest absolute Gasteiger partial charge is 0.172 e. The van der Waals surface area contributed by atoms with Crippen LogP contribution in [0.15, 0.2) is 34.4 Å². The molecule has 0 aliphatic heterocycles. The molecular weight excluding hydrogens is 270 g/mol. The van der Waals surface area contributed by atoms with Crippen LogP contribution in [0.4, 0.5) is 0 Å². The van der Waals surface area contributed by atoms with Crippen LogP contribution in [-0.2, 0) is 13.7 Å². The number of imidazole rings is 1. The Labute approximate surface area is 114 Å². The highest BCUT2D eigenvalue weighted by atomic mass is 35.5. The van der Waals surface area contributed by atoms with Gasteiger partial charge in [0, 0.05) is 17.0 Å². The predicted octanol–water partition coefficient (Wildman–Crippen LogP) is 2.59. The number of aliphatic hydroxyl groups is 1. The number of benzene rings is 1. The first-order valence-corrected chi connectivity index (χ1v) is 6.34. The number of rotatable bonds is 3. The van der Waals surface area contributed by atoms with Crippen LogP contribution in [0.2, 0.25) is 5.02 Å². The molecule has 0 aliphatic rings. The summed E-state index contributed by atoms with van der Waals surface area (Å²) in [6, 6.07) is 7.21. The van der Waals surface area contributed by atoms with Crippen molar-refractivity contribution < 1.29 is 5.11 Å². The van der Waals surface area contributed by atoms with E-state index < -0.39 is 0 Å². The highest BCUT2D eigenvalue weighted by Gasteiger charge is 2.10. The maximum atomic E-state index is 9.10. The van der Waals surface area contributed by atoms with E-state index in [-0.39, 0.29) is 6.61 Å². The predicted molar refractivity (Wildman–Crippen MR) is 69.4 cm³/mol. The van der Waals surface area contributed by atoms with Gasteiger partial charge in [-0.1, -0.05) is 23.4 Å². The standard InChI is InChI=1S/C12H10ClN3OS/c1-16-10(7-17)6-15-12(16)18-11-4-9(13)3-2-8(11)5-14/h2-4,6,17H,7H2,1H3. The van der Waals surface area contributed by atoms with Crippen LogP contribution in [0.5, 0.6) is 0 Å². The third kappa shape index (κ3) is 2.51. The lowest BCUT2D eigenvalue weighted by Gasteiger charge is -2.05. The summed E-state index contributed by atoms with van der Waals surface area (Å²) in [5, 5.41) is 19.4. The van der Waals surface area contributed by atoms with Gasteiger partial charge in [0.15, 0.2) is 5.16 Å². The number of aliphatic hydroxyl groups excluding tert-OH is 1. The molecule has 18 heavy (non-hydrogen) atoms. The molecular formula is C12H10ClN3OS. The summed E-state index contributed by atoms with van der Waals surface area (Å²) in [4.78, 5) is 4.95. The molecule has 1 aromatic heterocycles. The Bertz CT molecular complexity index is 618. The molecule has 1 N–H and O–H groups in total. The van der Waals surface area contributed by atoms with E-state index in [1.807, 2.05) is 7.05 Å². The second kappa shape index (κ2) is 5.44. The molecule has 0 saturated carbocycles. The Morgan fingerprint density at radius 1 is 1.56 bits per heavy atom. The Balaban J connectivity index is 2.37. The van der Waals surface area contributed by atoms with Crippen molar-refractivity contribution >= 4 is 23.4 Å².